The van der Waals surface area contributed by atoms with E-state index in [1.54, 1.807) is 36.1 Å². The second kappa shape index (κ2) is 8.87. The first-order chi connectivity index (χ1) is 13.5. The van der Waals surface area contributed by atoms with Crippen LogP contribution in [0.1, 0.15) is 53.2 Å². The number of benzene rings is 1. The van der Waals surface area contributed by atoms with Gasteiger partial charge in [-0.2, -0.15) is 0 Å². The predicted molar refractivity (Wildman–Crippen MR) is 103 cm³/mol. The summed E-state index contributed by atoms with van der Waals surface area (Å²) in [4.78, 5) is 38.9. The molecule has 28 heavy (non-hydrogen) atoms. The van der Waals surface area contributed by atoms with Gasteiger partial charge < -0.3 is 14.1 Å². The van der Waals surface area contributed by atoms with Crippen LogP contribution < -0.4 is 0 Å². The van der Waals surface area contributed by atoms with E-state index < -0.39 is 6.10 Å². The molecule has 0 N–H and O–H groups in total. The summed E-state index contributed by atoms with van der Waals surface area (Å²) < 4.78 is 10.6. The molecule has 6 heteroatoms. The Hall–Kier alpha value is -2.89. The summed E-state index contributed by atoms with van der Waals surface area (Å²) in [5.41, 5.74) is 1.69. The lowest BCUT2D eigenvalue weighted by Crippen LogP contribution is -2.41. The summed E-state index contributed by atoms with van der Waals surface area (Å²) in [6.07, 6.45) is 2.56. The van der Waals surface area contributed by atoms with Crippen LogP contribution in [-0.4, -0.2) is 41.8 Å². The van der Waals surface area contributed by atoms with Gasteiger partial charge in [-0.15, -0.1) is 0 Å². The van der Waals surface area contributed by atoms with Gasteiger partial charge in [0, 0.05) is 18.7 Å². The molecule has 1 aromatic carbocycles. The molecule has 1 atom stereocenters. The molecule has 1 saturated heterocycles. The molecule has 0 unspecified atom stereocenters. The second-order valence-electron chi connectivity index (χ2n) is 7.04. The molecule has 0 radical (unpaired) electrons. The van der Waals surface area contributed by atoms with Crippen molar-refractivity contribution in [2.24, 2.45) is 5.92 Å². The lowest BCUT2D eigenvalue weighted by molar-refractivity contribution is -0.152. The van der Waals surface area contributed by atoms with Crippen molar-refractivity contribution in [3.8, 4) is 0 Å². The molecule has 0 bridgehead atoms. The number of hydrogen-bond acceptors (Lipinski definition) is 5. The summed E-state index contributed by atoms with van der Waals surface area (Å²) >= 11 is 0. The zero-order valence-electron chi connectivity index (χ0n) is 16.2. The van der Waals surface area contributed by atoms with E-state index in [1.807, 2.05) is 12.1 Å². The maximum absolute atomic E-state index is 12.5. The minimum Gasteiger partial charge on any atom is -0.459 e. The van der Waals surface area contributed by atoms with E-state index in [-0.39, 0.29) is 23.6 Å². The summed E-state index contributed by atoms with van der Waals surface area (Å²) in [6, 6.07) is 10.7. The molecule has 148 valence electrons. The first-order valence-corrected chi connectivity index (χ1v) is 9.66. The van der Waals surface area contributed by atoms with Crippen LogP contribution in [0.3, 0.4) is 0 Å². The number of ether oxygens (including phenoxy) is 1. The number of furan rings is 1. The molecule has 2 aromatic rings. The van der Waals surface area contributed by atoms with Crippen LogP contribution in [0.15, 0.2) is 47.1 Å². The van der Waals surface area contributed by atoms with Gasteiger partial charge in [-0.1, -0.05) is 31.2 Å². The van der Waals surface area contributed by atoms with Crippen LogP contribution in [0.25, 0.3) is 0 Å². The Morgan fingerprint density at radius 2 is 1.82 bits per heavy atom. The maximum atomic E-state index is 12.5. The van der Waals surface area contributed by atoms with E-state index in [2.05, 4.69) is 6.92 Å². The molecule has 1 fully saturated rings. The van der Waals surface area contributed by atoms with Crippen molar-refractivity contribution in [1.29, 1.82) is 0 Å². The van der Waals surface area contributed by atoms with Crippen LogP contribution in [0.4, 0.5) is 0 Å². The number of hydrogen-bond donors (Lipinski definition) is 0. The van der Waals surface area contributed by atoms with Gasteiger partial charge in [0.1, 0.15) is 0 Å². The molecular formula is C22H25NO5. The van der Waals surface area contributed by atoms with Gasteiger partial charge in [-0.3, -0.25) is 14.4 Å². The molecule has 1 aliphatic rings. The molecule has 1 aromatic heterocycles. The van der Waals surface area contributed by atoms with Crippen LogP contribution in [0.5, 0.6) is 0 Å². The Kier molecular flexibility index (Phi) is 6.29. The number of nitrogens with zero attached hydrogens (tertiary/aromatic N) is 1. The zero-order chi connectivity index (χ0) is 20.1. The van der Waals surface area contributed by atoms with Gasteiger partial charge in [0.2, 0.25) is 5.78 Å². The van der Waals surface area contributed by atoms with Crippen LogP contribution >= 0.6 is 0 Å². The summed E-state index contributed by atoms with van der Waals surface area (Å²) in [5.74, 6) is -0.763. The van der Waals surface area contributed by atoms with Crippen LogP contribution in [0.2, 0.25) is 0 Å². The smallest absolute Gasteiger partial charge is 0.309 e. The Morgan fingerprint density at radius 1 is 1.14 bits per heavy atom. The monoisotopic (exact) mass is 383 g/mol. The van der Waals surface area contributed by atoms with Gasteiger partial charge in [-0.25, -0.2) is 0 Å². The first kappa shape index (κ1) is 19.9. The number of carbonyl (C=O) groups excluding carboxylic acids is 3. The molecule has 0 aliphatic carbocycles. The fourth-order valence-electron chi connectivity index (χ4n) is 3.34. The van der Waals surface area contributed by atoms with E-state index in [0.29, 0.717) is 37.3 Å². The minimum atomic E-state index is -0.831. The number of amides is 1. The van der Waals surface area contributed by atoms with Gasteiger partial charge in [-0.05, 0) is 43.9 Å². The number of esters is 1. The van der Waals surface area contributed by atoms with Crippen molar-refractivity contribution in [3.63, 3.8) is 0 Å². The summed E-state index contributed by atoms with van der Waals surface area (Å²) in [7, 11) is 0. The topological polar surface area (TPSA) is 76.8 Å². The standard InChI is InChI=1S/C22H25NO5/c1-3-16-6-8-17(9-7-16)20(24)15(2)28-22(26)18-10-12-23(13-11-18)21(25)19-5-4-14-27-19/h4-9,14-15,18H,3,10-13H2,1-2H3/t15-/m0/s1. The van der Waals surface area contributed by atoms with E-state index in [0.717, 1.165) is 12.0 Å². The Morgan fingerprint density at radius 3 is 2.39 bits per heavy atom. The summed E-state index contributed by atoms with van der Waals surface area (Å²) in [5, 5.41) is 0. The SMILES string of the molecule is CCc1ccc(C(=O)[C@H](C)OC(=O)C2CCN(C(=O)c3ccco3)CC2)cc1. The zero-order valence-corrected chi connectivity index (χ0v) is 16.2. The minimum absolute atomic E-state index is 0.170. The fourth-order valence-corrected chi connectivity index (χ4v) is 3.34. The molecule has 1 amide bonds. The average Bonchev–Trinajstić information content (AvgIpc) is 3.27. The Labute approximate surface area is 164 Å². The van der Waals surface area contributed by atoms with Crippen LogP contribution in [0, 0.1) is 5.92 Å². The quantitative estimate of drug-likeness (QED) is 0.564. The van der Waals surface area contributed by atoms with Crippen molar-refractivity contribution in [1.82, 2.24) is 4.90 Å². The molecule has 0 spiro atoms. The molecule has 2 heterocycles. The lowest BCUT2D eigenvalue weighted by atomic mass is 9.96. The van der Waals surface area contributed by atoms with E-state index >= 15 is 0 Å². The Bertz CT molecular complexity index is 817. The number of rotatable bonds is 6. The lowest BCUT2D eigenvalue weighted by Gasteiger charge is -2.30. The number of aryl methyl sites for hydroxylation is 1. The van der Waals surface area contributed by atoms with Crippen molar-refractivity contribution < 1.29 is 23.5 Å². The number of likely N-dealkylation sites (tertiary alicyclic amines) is 1. The molecular weight excluding hydrogens is 358 g/mol. The number of ketones is 1. The third-order valence-electron chi connectivity index (χ3n) is 5.16. The third kappa shape index (κ3) is 4.50. The Balaban J connectivity index is 1.50. The molecule has 3 rings (SSSR count). The number of carbonyl (C=O) groups is 3. The van der Waals surface area contributed by atoms with E-state index in [9.17, 15) is 14.4 Å². The highest BCUT2D eigenvalue weighted by atomic mass is 16.5. The number of Topliss-reactive ketones (excluding diaryl/α,β-unsaturated/α-hetero) is 1. The third-order valence-corrected chi connectivity index (χ3v) is 5.16. The van der Waals surface area contributed by atoms with Gasteiger partial charge >= 0.3 is 5.97 Å². The number of piperidine rings is 1. The highest BCUT2D eigenvalue weighted by Crippen LogP contribution is 2.21. The van der Waals surface area contributed by atoms with Gasteiger partial charge in [0.25, 0.3) is 5.91 Å². The van der Waals surface area contributed by atoms with Crippen molar-refractivity contribution in [2.75, 3.05) is 13.1 Å². The highest BCUT2D eigenvalue weighted by molar-refractivity contribution is 6.00. The highest BCUT2D eigenvalue weighted by Gasteiger charge is 2.31. The van der Waals surface area contributed by atoms with E-state index in [1.165, 1.54) is 6.26 Å². The second-order valence-corrected chi connectivity index (χ2v) is 7.04. The van der Waals surface area contributed by atoms with Crippen molar-refractivity contribution >= 4 is 17.7 Å². The van der Waals surface area contributed by atoms with Crippen molar-refractivity contribution in [2.45, 2.75) is 39.2 Å². The van der Waals surface area contributed by atoms with Gasteiger partial charge in [0.05, 0.1) is 12.2 Å². The maximum Gasteiger partial charge on any atom is 0.309 e. The molecule has 1 aliphatic heterocycles. The largest absolute Gasteiger partial charge is 0.459 e. The normalized spacial score (nSPS) is 15.9. The van der Waals surface area contributed by atoms with Gasteiger partial charge in [0.15, 0.2) is 11.9 Å². The first-order valence-electron chi connectivity index (χ1n) is 9.66. The van der Waals surface area contributed by atoms with Crippen molar-refractivity contribution in [3.05, 3.63) is 59.5 Å². The van der Waals surface area contributed by atoms with Crippen LogP contribution in [-0.2, 0) is 16.0 Å². The molecule has 6 nitrogen and oxygen atoms in total. The molecule has 0 saturated carbocycles. The average molecular weight is 383 g/mol. The predicted octanol–water partition coefficient (Wildman–Crippen LogP) is 3.51. The fraction of sp³-hybridized carbons (Fsp3) is 0.409. The summed E-state index contributed by atoms with van der Waals surface area (Å²) in [6.45, 7) is 4.57. The van der Waals surface area contributed by atoms with E-state index in [4.69, 9.17) is 9.15 Å².